The molecule has 0 saturated heterocycles. The Bertz CT molecular complexity index is 535. The third kappa shape index (κ3) is 2.45. The van der Waals surface area contributed by atoms with Crippen molar-refractivity contribution in [1.82, 2.24) is 0 Å². The molecule has 0 spiro atoms. The highest BCUT2D eigenvalue weighted by molar-refractivity contribution is 7.90. The predicted octanol–water partition coefficient (Wildman–Crippen LogP) is 1.45. The summed E-state index contributed by atoms with van der Waals surface area (Å²) in [7, 11) is -2.29. The number of carboxylic acids is 1. The van der Waals surface area contributed by atoms with E-state index >= 15 is 0 Å². The lowest BCUT2D eigenvalue weighted by Crippen LogP contribution is -2.05. The number of halogens is 1. The zero-order chi connectivity index (χ0) is 12.5. The highest BCUT2D eigenvalue weighted by Gasteiger charge is 2.20. The molecule has 0 bridgehead atoms. The normalized spacial score (nSPS) is 11.2. The molecule has 1 aromatic carbocycles. The van der Waals surface area contributed by atoms with Gasteiger partial charge in [-0.25, -0.2) is 13.2 Å². The molecule has 0 aliphatic carbocycles. The van der Waals surface area contributed by atoms with Crippen LogP contribution in [0.1, 0.15) is 10.4 Å². The second-order valence-corrected chi connectivity index (χ2v) is 5.45. The van der Waals surface area contributed by atoms with E-state index in [1.54, 1.807) is 0 Å². The number of rotatable bonds is 3. The second-order valence-electron chi connectivity index (χ2n) is 3.06. The summed E-state index contributed by atoms with van der Waals surface area (Å²) in [5.74, 6) is -1.27. The minimum absolute atomic E-state index is 0.0255. The summed E-state index contributed by atoms with van der Waals surface area (Å²) < 4.78 is 27.6. The highest BCUT2D eigenvalue weighted by Crippen LogP contribution is 2.30. The molecule has 7 heteroatoms. The maximum Gasteiger partial charge on any atom is 0.337 e. The van der Waals surface area contributed by atoms with E-state index in [-0.39, 0.29) is 21.2 Å². The molecule has 0 unspecified atom stereocenters. The number of ether oxygens (including phenoxy) is 1. The smallest absolute Gasteiger partial charge is 0.337 e. The molecule has 0 aliphatic rings. The van der Waals surface area contributed by atoms with Crippen LogP contribution < -0.4 is 4.74 Å². The molecule has 88 valence electrons. The van der Waals surface area contributed by atoms with Crippen LogP contribution in [0.3, 0.4) is 0 Å². The minimum Gasteiger partial charge on any atom is -0.495 e. The van der Waals surface area contributed by atoms with E-state index in [0.717, 1.165) is 12.3 Å². The SMILES string of the molecule is COc1cc(Cl)c(C(=O)O)cc1S(C)(=O)=O. The van der Waals surface area contributed by atoms with Crippen LogP contribution in [0.25, 0.3) is 0 Å². The summed E-state index contributed by atoms with van der Waals surface area (Å²) in [4.78, 5) is 10.6. The fourth-order valence-electron chi connectivity index (χ4n) is 1.15. The highest BCUT2D eigenvalue weighted by atomic mass is 35.5. The predicted molar refractivity (Wildman–Crippen MR) is 58.1 cm³/mol. The third-order valence-electron chi connectivity index (χ3n) is 1.88. The molecule has 0 amide bonds. The zero-order valence-electron chi connectivity index (χ0n) is 8.52. The van der Waals surface area contributed by atoms with Crippen LogP contribution in [0, 0.1) is 0 Å². The maximum atomic E-state index is 11.4. The molecule has 0 saturated carbocycles. The molecule has 0 aromatic heterocycles. The Morgan fingerprint density at radius 2 is 2.00 bits per heavy atom. The standard InChI is InChI=1S/C9H9ClO5S/c1-15-7-4-6(10)5(9(11)12)3-8(7)16(2,13)14/h3-4H,1-2H3,(H,11,12). The number of carboxylic acid groups (broad SMARTS) is 1. The van der Waals surface area contributed by atoms with Crippen molar-refractivity contribution in [2.45, 2.75) is 4.90 Å². The fourth-order valence-corrected chi connectivity index (χ4v) is 2.22. The number of sulfone groups is 1. The van der Waals surface area contributed by atoms with E-state index in [4.69, 9.17) is 21.4 Å². The van der Waals surface area contributed by atoms with Gasteiger partial charge in [0.05, 0.1) is 17.7 Å². The van der Waals surface area contributed by atoms with Crippen molar-refractivity contribution in [3.63, 3.8) is 0 Å². The van der Waals surface area contributed by atoms with Crippen LogP contribution in [0.5, 0.6) is 5.75 Å². The zero-order valence-corrected chi connectivity index (χ0v) is 10.1. The number of methoxy groups -OCH3 is 1. The Kier molecular flexibility index (Phi) is 3.44. The minimum atomic E-state index is -3.57. The number of benzene rings is 1. The quantitative estimate of drug-likeness (QED) is 0.894. The number of hydrogen-bond donors (Lipinski definition) is 1. The summed E-state index contributed by atoms with van der Waals surface area (Å²) in [5.41, 5.74) is -0.275. The van der Waals surface area contributed by atoms with E-state index in [2.05, 4.69) is 0 Å². The van der Waals surface area contributed by atoms with Gasteiger partial charge in [-0.3, -0.25) is 0 Å². The van der Waals surface area contributed by atoms with Crippen molar-refractivity contribution in [3.05, 3.63) is 22.7 Å². The average Bonchev–Trinajstić information content (AvgIpc) is 2.14. The monoisotopic (exact) mass is 264 g/mol. The van der Waals surface area contributed by atoms with Crippen molar-refractivity contribution in [3.8, 4) is 5.75 Å². The Morgan fingerprint density at radius 1 is 1.44 bits per heavy atom. The van der Waals surface area contributed by atoms with Gasteiger partial charge in [-0.2, -0.15) is 0 Å². The van der Waals surface area contributed by atoms with Crippen molar-refractivity contribution >= 4 is 27.4 Å². The van der Waals surface area contributed by atoms with Crippen molar-refractivity contribution in [2.75, 3.05) is 13.4 Å². The summed E-state index contributed by atoms with van der Waals surface area (Å²) in [6, 6.07) is 2.15. The first-order chi connectivity index (χ1) is 7.27. The number of hydrogen-bond acceptors (Lipinski definition) is 4. The molecule has 0 radical (unpaired) electrons. The number of aromatic carboxylic acids is 1. The lowest BCUT2D eigenvalue weighted by molar-refractivity contribution is 0.0697. The van der Waals surface area contributed by atoms with Crippen molar-refractivity contribution < 1.29 is 23.1 Å². The first-order valence-corrected chi connectivity index (χ1v) is 6.35. The summed E-state index contributed by atoms with van der Waals surface area (Å²) in [6.45, 7) is 0. The summed E-state index contributed by atoms with van der Waals surface area (Å²) in [5, 5.41) is 8.73. The van der Waals surface area contributed by atoms with Gasteiger partial charge in [0, 0.05) is 12.3 Å². The van der Waals surface area contributed by atoms with Crippen LogP contribution in [-0.4, -0.2) is 32.9 Å². The molecule has 1 aromatic rings. The lowest BCUT2D eigenvalue weighted by atomic mass is 10.2. The van der Waals surface area contributed by atoms with E-state index < -0.39 is 15.8 Å². The molecule has 0 atom stereocenters. The van der Waals surface area contributed by atoms with Crippen LogP contribution in [0.2, 0.25) is 5.02 Å². The van der Waals surface area contributed by atoms with Crippen LogP contribution >= 0.6 is 11.6 Å². The first kappa shape index (κ1) is 12.8. The Morgan fingerprint density at radius 3 is 2.38 bits per heavy atom. The van der Waals surface area contributed by atoms with Gasteiger partial charge in [-0.15, -0.1) is 0 Å². The molecule has 0 aliphatic heterocycles. The van der Waals surface area contributed by atoms with Gasteiger partial charge >= 0.3 is 5.97 Å². The molecule has 1 N–H and O–H groups in total. The van der Waals surface area contributed by atoms with Gasteiger partial charge < -0.3 is 9.84 Å². The van der Waals surface area contributed by atoms with E-state index in [0.29, 0.717) is 0 Å². The Hall–Kier alpha value is -1.27. The first-order valence-electron chi connectivity index (χ1n) is 4.08. The van der Waals surface area contributed by atoms with Gasteiger partial charge in [0.1, 0.15) is 10.6 Å². The fraction of sp³-hybridized carbons (Fsp3) is 0.222. The van der Waals surface area contributed by atoms with Gasteiger partial charge in [0.2, 0.25) is 0 Å². The molecule has 5 nitrogen and oxygen atoms in total. The van der Waals surface area contributed by atoms with Crippen molar-refractivity contribution in [2.24, 2.45) is 0 Å². The van der Waals surface area contributed by atoms with Crippen LogP contribution in [0.15, 0.2) is 17.0 Å². The summed E-state index contributed by atoms with van der Waals surface area (Å²) >= 11 is 5.67. The molecule has 1 rings (SSSR count). The van der Waals surface area contributed by atoms with Gasteiger partial charge in [-0.05, 0) is 6.07 Å². The van der Waals surface area contributed by atoms with Gasteiger partial charge in [0.15, 0.2) is 9.84 Å². The lowest BCUT2D eigenvalue weighted by Gasteiger charge is -2.09. The van der Waals surface area contributed by atoms with E-state index in [9.17, 15) is 13.2 Å². The third-order valence-corrected chi connectivity index (χ3v) is 3.31. The second kappa shape index (κ2) is 4.31. The molecular formula is C9H9ClO5S. The molecular weight excluding hydrogens is 256 g/mol. The van der Waals surface area contributed by atoms with Crippen LogP contribution in [-0.2, 0) is 9.84 Å². The van der Waals surface area contributed by atoms with Gasteiger partial charge in [-0.1, -0.05) is 11.6 Å². The van der Waals surface area contributed by atoms with E-state index in [1.807, 2.05) is 0 Å². The Balaban J connectivity index is 3.60. The largest absolute Gasteiger partial charge is 0.495 e. The van der Waals surface area contributed by atoms with Crippen LogP contribution in [0.4, 0.5) is 0 Å². The maximum absolute atomic E-state index is 11.4. The number of carbonyl (C=O) groups is 1. The molecule has 0 heterocycles. The molecule has 16 heavy (non-hydrogen) atoms. The topological polar surface area (TPSA) is 80.7 Å². The molecule has 0 fully saturated rings. The van der Waals surface area contributed by atoms with E-state index in [1.165, 1.54) is 13.2 Å². The Labute approximate surface area is 97.5 Å². The summed E-state index contributed by atoms with van der Waals surface area (Å²) in [6.07, 6.45) is 0.963. The van der Waals surface area contributed by atoms with Gasteiger partial charge in [0.25, 0.3) is 0 Å². The average molecular weight is 265 g/mol. The van der Waals surface area contributed by atoms with Crippen molar-refractivity contribution in [1.29, 1.82) is 0 Å².